The summed E-state index contributed by atoms with van der Waals surface area (Å²) in [4.78, 5) is 24.7. The van der Waals surface area contributed by atoms with Crippen LogP contribution in [0.2, 0.25) is 0 Å². The molecule has 2 aliphatic carbocycles. The van der Waals surface area contributed by atoms with Crippen molar-refractivity contribution in [3.63, 3.8) is 0 Å². The van der Waals surface area contributed by atoms with Gasteiger partial charge in [-0.3, -0.25) is 9.59 Å². The first-order valence-corrected chi connectivity index (χ1v) is 7.11. The Morgan fingerprint density at radius 1 is 1.19 bits per heavy atom. The van der Waals surface area contributed by atoms with Crippen molar-refractivity contribution in [2.75, 3.05) is 0 Å². The largest absolute Gasteiger partial charge is 0.508 e. The summed E-state index contributed by atoms with van der Waals surface area (Å²) in [5.41, 5.74) is 2.46. The maximum atomic E-state index is 12.6. The van der Waals surface area contributed by atoms with Gasteiger partial charge in [-0.05, 0) is 41.8 Å². The van der Waals surface area contributed by atoms with Gasteiger partial charge in [-0.15, -0.1) is 0 Å². The van der Waals surface area contributed by atoms with Gasteiger partial charge < -0.3 is 5.11 Å². The van der Waals surface area contributed by atoms with Crippen molar-refractivity contribution in [2.45, 2.75) is 27.2 Å². The van der Waals surface area contributed by atoms with Crippen LogP contribution in [0.1, 0.15) is 41.8 Å². The zero-order chi connectivity index (χ0) is 15.4. The second-order valence-corrected chi connectivity index (χ2v) is 6.47. The van der Waals surface area contributed by atoms with Crippen LogP contribution in [0.4, 0.5) is 0 Å². The van der Waals surface area contributed by atoms with Crippen molar-refractivity contribution in [3.05, 3.63) is 46.5 Å². The topological polar surface area (TPSA) is 54.4 Å². The van der Waals surface area contributed by atoms with E-state index in [-0.39, 0.29) is 23.2 Å². The van der Waals surface area contributed by atoms with Gasteiger partial charge in [-0.25, -0.2) is 0 Å². The second-order valence-electron chi connectivity index (χ2n) is 6.47. The Morgan fingerprint density at radius 2 is 1.90 bits per heavy atom. The summed E-state index contributed by atoms with van der Waals surface area (Å²) >= 11 is 0. The molecule has 0 heterocycles. The van der Waals surface area contributed by atoms with Crippen molar-refractivity contribution < 1.29 is 14.7 Å². The zero-order valence-corrected chi connectivity index (χ0v) is 12.4. The smallest absolute Gasteiger partial charge is 0.164 e. The van der Waals surface area contributed by atoms with Gasteiger partial charge in [0.1, 0.15) is 5.75 Å². The van der Waals surface area contributed by atoms with Crippen LogP contribution in [0.5, 0.6) is 5.75 Å². The quantitative estimate of drug-likeness (QED) is 0.793. The van der Waals surface area contributed by atoms with E-state index in [1.807, 2.05) is 19.9 Å². The molecule has 108 valence electrons. The third-order valence-electron chi connectivity index (χ3n) is 4.72. The number of fused-ring (bicyclic) bond motifs is 2. The highest BCUT2D eigenvalue weighted by Crippen LogP contribution is 2.44. The molecule has 3 nitrogen and oxygen atoms in total. The van der Waals surface area contributed by atoms with E-state index >= 15 is 0 Å². The lowest BCUT2D eigenvalue weighted by Crippen LogP contribution is -2.36. The number of phenolic OH excluding ortho intramolecular Hbond substituents is 1. The van der Waals surface area contributed by atoms with Crippen molar-refractivity contribution in [3.8, 4) is 5.75 Å². The molecule has 2 aliphatic rings. The standard InChI is InChI=1S/C18H18O3/c1-10-6-13-12(8-15(10)19)7-11-4-5-17(21)18(2,3)14(11)9-16(13)20/h4-8,14,19H,9H2,1-3H3. The van der Waals surface area contributed by atoms with E-state index in [0.29, 0.717) is 17.5 Å². The highest BCUT2D eigenvalue weighted by Gasteiger charge is 2.41. The average Bonchev–Trinajstić information content (AvgIpc) is 2.54. The Bertz CT molecular complexity index is 720. The van der Waals surface area contributed by atoms with Gasteiger partial charge in [0.05, 0.1) is 0 Å². The predicted octanol–water partition coefficient (Wildman–Crippen LogP) is 3.45. The van der Waals surface area contributed by atoms with Crippen LogP contribution in [-0.4, -0.2) is 16.7 Å². The molecule has 3 rings (SSSR count). The molecule has 0 saturated heterocycles. The summed E-state index contributed by atoms with van der Waals surface area (Å²) in [7, 11) is 0. The van der Waals surface area contributed by atoms with E-state index in [1.54, 1.807) is 31.2 Å². The lowest BCUT2D eigenvalue weighted by molar-refractivity contribution is -0.124. The molecule has 1 unspecified atom stereocenters. The molecule has 1 N–H and O–H groups in total. The fourth-order valence-corrected chi connectivity index (χ4v) is 3.16. The van der Waals surface area contributed by atoms with Crippen LogP contribution in [0.15, 0.2) is 29.9 Å². The van der Waals surface area contributed by atoms with Crippen LogP contribution in [0.25, 0.3) is 6.08 Å². The van der Waals surface area contributed by atoms with E-state index in [2.05, 4.69) is 0 Å². The third-order valence-corrected chi connectivity index (χ3v) is 4.72. The Balaban J connectivity index is 2.21. The van der Waals surface area contributed by atoms with Gasteiger partial charge in [0.15, 0.2) is 11.6 Å². The number of phenols is 1. The first kappa shape index (κ1) is 13.8. The summed E-state index contributed by atoms with van der Waals surface area (Å²) in [5, 5.41) is 9.88. The fourth-order valence-electron chi connectivity index (χ4n) is 3.16. The number of aromatic hydroxyl groups is 1. The molecule has 1 atom stereocenters. The zero-order valence-electron chi connectivity index (χ0n) is 12.4. The summed E-state index contributed by atoms with van der Waals surface area (Å²) in [6, 6.07) is 3.37. The first-order valence-electron chi connectivity index (χ1n) is 7.11. The highest BCUT2D eigenvalue weighted by molar-refractivity contribution is 6.04. The minimum absolute atomic E-state index is 0.0283. The minimum Gasteiger partial charge on any atom is -0.508 e. The van der Waals surface area contributed by atoms with Crippen LogP contribution in [0.3, 0.4) is 0 Å². The summed E-state index contributed by atoms with van der Waals surface area (Å²) in [6.45, 7) is 5.56. The molecule has 1 aromatic carbocycles. The fraction of sp³-hybridized carbons (Fsp3) is 0.333. The van der Waals surface area contributed by atoms with Gasteiger partial charge in [0.2, 0.25) is 0 Å². The third kappa shape index (κ3) is 2.04. The molecule has 1 aromatic rings. The molecular weight excluding hydrogens is 264 g/mol. The Kier molecular flexibility index (Phi) is 2.90. The van der Waals surface area contributed by atoms with Gasteiger partial charge in [0, 0.05) is 23.3 Å². The molecule has 21 heavy (non-hydrogen) atoms. The van der Waals surface area contributed by atoms with E-state index in [1.165, 1.54) is 0 Å². The van der Waals surface area contributed by atoms with Crippen molar-refractivity contribution >= 4 is 17.6 Å². The SMILES string of the molecule is Cc1cc2c(cc1O)C=C1C=CC(=O)C(C)(C)C1CC2=O. The molecule has 0 amide bonds. The molecule has 0 saturated carbocycles. The number of allylic oxidation sites excluding steroid dienone is 3. The summed E-state index contributed by atoms with van der Waals surface area (Å²) in [5.74, 6) is 0.160. The number of aryl methyl sites for hydroxylation is 1. The number of carbonyl (C=O) groups is 2. The molecule has 0 aromatic heterocycles. The van der Waals surface area contributed by atoms with Gasteiger partial charge in [-0.2, -0.15) is 0 Å². The van der Waals surface area contributed by atoms with Gasteiger partial charge in [0.25, 0.3) is 0 Å². The van der Waals surface area contributed by atoms with E-state index in [9.17, 15) is 14.7 Å². The molecule has 0 radical (unpaired) electrons. The molecule has 0 spiro atoms. The lowest BCUT2D eigenvalue weighted by Gasteiger charge is -2.35. The minimum atomic E-state index is -0.574. The van der Waals surface area contributed by atoms with Crippen molar-refractivity contribution in [1.29, 1.82) is 0 Å². The molecule has 3 heteroatoms. The number of carbonyl (C=O) groups excluding carboxylic acids is 2. The summed E-state index contributed by atoms with van der Waals surface area (Å²) in [6.07, 6.45) is 5.64. The molecule has 0 bridgehead atoms. The molecule has 0 aliphatic heterocycles. The van der Waals surface area contributed by atoms with E-state index < -0.39 is 5.41 Å². The number of benzene rings is 1. The van der Waals surface area contributed by atoms with Crippen LogP contribution in [-0.2, 0) is 4.79 Å². The van der Waals surface area contributed by atoms with Gasteiger partial charge in [-0.1, -0.05) is 26.0 Å². The van der Waals surface area contributed by atoms with Crippen molar-refractivity contribution in [2.24, 2.45) is 11.3 Å². The summed E-state index contributed by atoms with van der Waals surface area (Å²) < 4.78 is 0. The predicted molar refractivity (Wildman–Crippen MR) is 81.2 cm³/mol. The monoisotopic (exact) mass is 282 g/mol. The number of hydrogen-bond donors (Lipinski definition) is 1. The highest BCUT2D eigenvalue weighted by atomic mass is 16.3. The number of rotatable bonds is 0. The second kappa shape index (κ2) is 4.42. The Hall–Kier alpha value is -2.16. The van der Waals surface area contributed by atoms with Crippen molar-refractivity contribution in [1.82, 2.24) is 0 Å². The van der Waals surface area contributed by atoms with Crippen LogP contribution >= 0.6 is 0 Å². The first-order chi connectivity index (χ1) is 9.80. The Labute approximate surface area is 124 Å². The number of ketones is 2. The molecular formula is C18H18O3. The maximum Gasteiger partial charge on any atom is 0.164 e. The normalized spacial score (nSPS) is 23.2. The van der Waals surface area contributed by atoms with Gasteiger partial charge >= 0.3 is 0 Å². The van der Waals surface area contributed by atoms with Crippen LogP contribution < -0.4 is 0 Å². The number of hydrogen-bond acceptors (Lipinski definition) is 3. The van der Waals surface area contributed by atoms with Crippen LogP contribution in [0, 0.1) is 18.3 Å². The number of Topliss-reactive ketones (excluding diaryl/α,β-unsaturated/α-hetero) is 1. The van der Waals surface area contributed by atoms with E-state index in [4.69, 9.17) is 0 Å². The van der Waals surface area contributed by atoms with E-state index in [0.717, 1.165) is 11.1 Å². The molecule has 0 fully saturated rings. The lowest BCUT2D eigenvalue weighted by atomic mass is 9.67. The maximum absolute atomic E-state index is 12.6. The Morgan fingerprint density at radius 3 is 2.62 bits per heavy atom. The average molecular weight is 282 g/mol.